The quantitative estimate of drug-likeness (QED) is 0.430. The van der Waals surface area contributed by atoms with Gasteiger partial charge in [-0.15, -0.1) is 0 Å². The molecule has 5 nitrogen and oxygen atoms in total. The molecule has 0 amide bonds. The maximum atomic E-state index is 13.2. The van der Waals surface area contributed by atoms with Crippen LogP contribution in [0.25, 0.3) is 5.69 Å². The average Bonchev–Trinajstić information content (AvgIpc) is 3.31. The third kappa shape index (κ3) is 3.75. The lowest BCUT2D eigenvalue weighted by atomic mass is 10.0. The minimum Gasteiger partial charge on any atom is -0.451 e. The van der Waals surface area contributed by atoms with E-state index < -0.39 is 17.9 Å². The van der Waals surface area contributed by atoms with Gasteiger partial charge in [0.1, 0.15) is 16.5 Å². The molecule has 154 valence electrons. The fourth-order valence-electron chi connectivity index (χ4n) is 3.72. The summed E-state index contributed by atoms with van der Waals surface area (Å²) in [4.78, 5) is 25.5. The number of carbonyl (C=O) groups is 2. The number of rotatable bonds is 5. The first-order valence-electron chi connectivity index (χ1n) is 9.73. The molecule has 1 aliphatic rings. The number of benzene rings is 2. The van der Waals surface area contributed by atoms with Crippen LogP contribution in [0, 0.1) is 12.7 Å². The molecule has 0 bridgehead atoms. The average molecular weight is 427 g/mol. The van der Waals surface area contributed by atoms with Gasteiger partial charge in [-0.05, 0) is 74.6 Å². The van der Waals surface area contributed by atoms with E-state index in [1.165, 1.54) is 40.1 Å². The van der Waals surface area contributed by atoms with Gasteiger partial charge in [-0.1, -0.05) is 23.7 Å². The Kier molecular flexibility index (Phi) is 5.43. The molecule has 0 saturated heterocycles. The Balaban J connectivity index is 1.53. The van der Waals surface area contributed by atoms with Crippen molar-refractivity contribution in [2.75, 3.05) is 0 Å². The van der Waals surface area contributed by atoms with Crippen LogP contribution in [0.3, 0.4) is 0 Å². The Bertz CT molecular complexity index is 1140. The maximum Gasteiger partial charge on any atom is 0.343 e. The number of esters is 1. The number of ketones is 1. The van der Waals surface area contributed by atoms with Gasteiger partial charge < -0.3 is 4.74 Å². The first-order chi connectivity index (χ1) is 14.3. The molecule has 0 aliphatic heterocycles. The maximum absolute atomic E-state index is 13.2. The normalized spacial score (nSPS) is 13.7. The van der Waals surface area contributed by atoms with Gasteiger partial charge in [-0.25, -0.2) is 13.9 Å². The lowest BCUT2D eigenvalue weighted by Crippen LogP contribution is -2.25. The minimum absolute atomic E-state index is 0.0429. The molecule has 1 atom stereocenters. The van der Waals surface area contributed by atoms with Gasteiger partial charge in [-0.2, -0.15) is 5.10 Å². The monoisotopic (exact) mass is 426 g/mol. The summed E-state index contributed by atoms with van der Waals surface area (Å²) in [6, 6.07) is 11.2. The number of hydrogen-bond donors (Lipinski definition) is 0. The van der Waals surface area contributed by atoms with Crippen molar-refractivity contribution in [2.24, 2.45) is 0 Å². The van der Waals surface area contributed by atoms with Crippen molar-refractivity contribution in [3.8, 4) is 5.69 Å². The molecule has 0 spiro atoms. The van der Waals surface area contributed by atoms with Crippen LogP contribution >= 0.6 is 11.6 Å². The van der Waals surface area contributed by atoms with Gasteiger partial charge >= 0.3 is 5.97 Å². The Morgan fingerprint density at radius 2 is 1.83 bits per heavy atom. The number of carbonyl (C=O) groups excluding carboxylic acids is 2. The highest BCUT2D eigenvalue weighted by Crippen LogP contribution is 2.26. The van der Waals surface area contributed by atoms with Crippen molar-refractivity contribution in [2.45, 2.75) is 39.2 Å². The van der Waals surface area contributed by atoms with Crippen LogP contribution in [-0.4, -0.2) is 27.6 Å². The van der Waals surface area contributed by atoms with Crippen LogP contribution in [-0.2, 0) is 17.6 Å². The number of fused-ring (bicyclic) bond motifs is 1. The number of halogens is 2. The molecular formula is C23H20ClFN2O3. The van der Waals surface area contributed by atoms with E-state index in [0.29, 0.717) is 16.9 Å². The second-order valence-electron chi connectivity index (χ2n) is 7.39. The van der Waals surface area contributed by atoms with E-state index >= 15 is 0 Å². The van der Waals surface area contributed by atoms with Crippen LogP contribution in [0.4, 0.5) is 4.39 Å². The largest absolute Gasteiger partial charge is 0.451 e. The first-order valence-corrected chi connectivity index (χ1v) is 10.1. The van der Waals surface area contributed by atoms with Crippen molar-refractivity contribution in [3.05, 3.63) is 81.4 Å². The zero-order chi connectivity index (χ0) is 21.4. The van der Waals surface area contributed by atoms with E-state index in [0.717, 1.165) is 19.3 Å². The van der Waals surface area contributed by atoms with E-state index in [-0.39, 0.29) is 16.5 Å². The summed E-state index contributed by atoms with van der Waals surface area (Å²) in [5.41, 5.74) is 3.92. The van der Waals surface area contributed by atoms with Crippen LogP contribution < -0.4 is 0 Å². The number of hydrogen-bond acceptors (Lipinski definition) is 4. The lowest BCUT2D eigenvalue weighted by molar-refractivity contribution is 0.0318. The van der Waals surface area contributed by atoms with Gasteiger partial charge in [0, 0.05) is 5.56 Å². The van der Waals surface area contributed by atoms with Gasteiger partial charge in [0.05, 0.1) is 11.4 Å². The highest BCUT2D eigenvalue weighted by Gasteiger charge is 2.27. The molecule has 7 heteroatoms. The van der Waals surface area contributed by atoms with Crippen molar-refractivity contribution < 1.29 is 18.7 Å². The molecule has 30 heavy (non-hydrogen) atoms. The van der Waals surface area contributed by atoms with Gasteiger partial charge in [0.15, 0.2) is 6.10 Å². The van der Waals surface area contributed by atoms with E-state index in [4.69, 9.17) is 16.3 Å². The fourth-order valence-corrected chi connectivity index (χ4v) is 4.07. The Morgan fingerprint density at radius 1 is 1.13 bits per heavy atom. The molecule has 1 heterocycles. The fraction of sp³-hybridized carbons (Fsp3) is 0.261. The van der Waals surface area contributed by atoms with Gasteiger partial charge in [0.2, 0.25) is 5.78 Å². The van der Waals surface area contributed by atoms with Crippen LogP contribution in [0.1, 0.15) is 50.9 Å². The SMILES string of the molecule is Cc1nn(-c2ccc(F)cc2)c(Cl)c1C(=O)OC(C)C(=O)c1ccc2c(c1)CCC2. The molecule has 0 N–H and O–H groups in total. The molecule has 4 rings (SSSR count). The van der Waals surface area contributed by atoms with Crippen molar-refractivity contribution >= 4 is 23.4 Å². The van der Waals surface area contributed by atoms with Gasteiger partial charge in [-0.3, -0.25) is 4.79 Å². The molecular weight excluding hydrogens is 407 g/mol. The Morgan fingerprint density at radius 3 is 2.57 bits per heavy atom. The second kappa shape index (κ2) is 8.03. The summed E-state index contributed by atoms with van der Waals surface area (Å²) in [5, 5.41) is 4.30. The zero-order valence-electron chi connectivity index (χ0n) is 16.6. The standard InChI is InChI=1S/C23H20ClFN2O3/c1-13-20(22(24)27(26-13)19-10-8-18(25)9-11-19)23(29)30-14(2)21(28)17-7-6-15-4-3-5-16(15)12-17/h6-12,14H,3-5H2,1-2H3. The topological polar surface area (TPSA) is 61.2 Å². The molecule has 3 aromatic rings. The summed E-state index contributed by atoms with van der Waals surface area (Å²) >= 11 is 6.36. The predicted molar refractivity (Wildman–Crippen MR) is 111 cm³/mol. The van der Waals surface area contributed by atoms with E-state index in [1.54, 1.807) is 19.9 Å². The highest BCUT2D eigenvalue weighted by atomic mass is 35.5. The lowest BCUT2D eigenvalue weighted by Gasteiger charge is -2.13. The van der Waals surface area contributed by atoms with Crippen LogP contribution in [0.5, 0.6) is 0 Å². The highest BCUT2D eigenvalue weighted by molar-refractivity contribution is 6.33. The molecule has 1 unspecified atom stereocenters. The summed E-state index contributed by atoms with van der Waals surface area (Å²) in [6.45, 7) is 3.16. The number of Topliss-reactive ketones (excluding diaryl/α,β-unsaturated/α-hetero) is 1. The van der Waals surface area contributed by atoms with E-state index in [9.17, 15) is 14.0 Å². The minimum atomic E-state index is -0.971. The molecule has 2 aromatic carbocycles. The number of aromatic nitrogens is 2. The first kappa shape index (κ1) is 20.3. The van der Waals surface area contributed by atoms with E-state index in [1.807, 2.05) is 12.1 Å². The van der Waals surface area contributed by atoms with Crippen molar-refractivity contribution in [3.63, 3.8) is 0 Å². The molecule has 1 aromatic heterocycles. The summed E-state index contributed by atoms with van der Waals surface area (Å²) in [5.74, 6) is -1.39. The number of ether oxygens (including phenoxy) is 1. The molecule has 0 fully saturated rings. The zero-order valence-corrected chi connectivity index (χ0v) is 17.4. The van der Waals surface area contributed by atoms with Crippen LogP contribution in [0.15, 0.2) is 42.5 Å². The number of nitrogens with zero attached hydrogens (tertiary/aromatic N) is 2. The summed E-state index contributed by atoms with van der Waals surface area (Å²) in [6.07, 6.45) is 2.11. The Labute approximate surface area is 178 Å². The summed E-state index contributed by atoms with van der Waals surface area (Å²) < 4.78 is 19.9. The second-order valence-corrected chi connectivity index (χ2v) is 7.75. The third-order valence-corrected chi connectivity index (χ3v) is 5.66. The number of aryl methyl sites for hydroxylation is 3. The molecule has 0 saturated carbocycles. The summed E-state index contributed by atoms with van der Waals surface area (Å²) in [7, 11) is 0. The Hall–Kier alpha value is -2.99. The van der Waals surface area contributed by atoms with Crippen molar-refractivity contribution in [1.29, 1.82) is 0 Å². The van der Waals surface area contributed by atoms with Gasteiger partial charge in [0.25, 0.3) is 0 Å². The molecule has 0 radical (unpaired) electrons. The predicted octanol–water partition coefficient (Wildman–Crippen LogP) is 4.89. The smallest absolute Gasteiger partial charge is 0.343 e. The third-order valence-electron chi connectivity index (χ3n) is 5.32. The van der Waals surface area contributed by atoms with E-state index in [2.05, 4.69) is 5.10 Å². The molecule has 1 aliphatic carbocycles. The van der Waals surface area contributed by atoms with Crippen LogP contribution in [0.2, 0.25) is 5.15 Å². The van der Waals surface area contributed by atoms with Crippen molar-refractivity contribution in [1.82, 2.24) is 9.78 Å².